The molecule has 3 rings (SSSR count). The minimum atomic E-state index is -0.598. The van der Waals surface area contributed by atoms with Crippen LogP contribution < -0.4 is 5.11 Å². The third-order valence-corrected chi connectivity index (χ3v) is 6.96. The molecule has 0 saturated heterocycles. The van der Waals surface area contributed by atoms with Crippen LogP contribution >= 0.6 is 23.5 Å². The molecule has 6 heteroatoms. The van der Waals surface area contributed by atoms with Gasteiger partial charge >= 0.3 is 0 Å². The Bertz CT molecular complexity index is 744. The van der Waals surface area contributed by atoms with Crippen molar-refractivity contribution in [1.82, 2.24) is 0 Å². The molecule has 1 aliphatic heterocycles. The number of nitrogens with zero attached hydrogens (tertiary/aromatic N) is 1. The van der Waals surface area contributed by atoms with Gasteiger partial charge < -0.3 is 5.11 Å². The van der Waals surface area contributed by atoms with E-state index in [0.717, 1.165) is 11.5 Å². The van der Waals surface area contributed by atoms with Crippen molar-refractivity contribution in [3.05, 3.63) is 68.3 Å². The molecule has 0 unspecified atom stereocenters. The van der Waals surface area contributed by atoms with Crippen LogP contribution in [0.3, 0.4) is 0 Å². The average molecular weight is 346 g/mol. The predicted octanol–water partition coefficient (Wildman–Crippen LogP) is 4.46. The lowest BCUT2D eigenvalue weighted by Gasteiger charge is -2.20. The van der Waals surface area contributed by atoms with Crippen LogP contribution in [0.15, 0.2) is 30.3 Å². The quantitative estimate of drug-likeness (QED) is 0.593. The number of para-hydroxylation sites is 1. The molecule has 1 heterocycles. The van der Waals surface area contributed by atoms with Crippen molar-refractivity contribution in [2.75, 3.05) is 0 Å². The van der Waals surface area contributed by atoms with E-state index >= 15 is 0 Å². The smallest absolute Gasteiger partial charge is 0.262 e. The molecule has 2 aromatic rings. The fourth-order valence-electron chi connectivity index (χ4n) is 2.63. The maximum absolute atomic E-state index is 12.3. The second-order valence-electron chi connectivity index (χ2n) is 5.61. The topological polar surface area (TPSA) is 66.2 Å². The van der Waals surface area contributed by atoms with Crippen molar-refractivity contribution in [3.8, 4) is 5.75 Å². The van der Waals surface area contributed by atoms with Gasteiger partial charge in [-0.2, -0.15) is 0 Å². The molecule has 1 aliphatic rings. The van der Waals surface area contributed by atoms with Crippen molar-refractivity contribution < 1.29 is 10.0 Å². The monoisotopic (exact) mass is 346 g/mol. The summed E-state index contributed by atoms with van der Waals surface area (Å²) in [6, 6.07) is 9.02. The van der Waals surface area contributed by atoms with Crippen LogP contribution in [-0.2, 0) is 11.5 Å². The molecular formula is C17H16NO3S2-. The SMILES string of the molecule is Cc1cc2c(cc1C)CSC(c1cccc([N+](=O)[O-])c1[O-])SC2. The molecule has 0 aromatic heterocycles. The van der Waals surface area contributed by atoms with E-state index in [-0.39, 0.29) is 10.3 Å². The number of hydrogen-bond donors (Lipinski definition) is 0. The Hall–Kier alpha value is -1.66. The lowest BCUT2D eigenvalue weighted by Crippen LogP contribution is -2.03. The van der Waals surface area contributed by atoms with Gasteiger partial charge in [-0.05, 0) is 47.4 Å². The molecule has 0 aliphatic carbocycles. The second-order valence-corrected chi connectivity index (χ2v) is 8.10. The van der Waals surface area contributed by atoms with E-state index in [1.54, 1.807) is 35.7 Å². The fraction of sp³-hybridized carbons (Fsp3) is 0.294. The third-order valence-electron chi connectivity index (χ3n) is 4.07. The van der Waals surface area contributed by atoms with Gasteiger partial charge in [0.25, 0.3) is 5.69 Å². The largest absolute Gasteiger partial charge is 0.868 e. The van der Waals surface area contributed by atoms with Crippen molar-refractivity contribution >= 4 is 29.2 Å². The number of rotatable bonds is 2. The molecule has 0 bridgehead atoms. The van der Waals surface area contributed by atoms with Crippen molar-refractivity contribution in [2.45, 2.75) is 29.9 Å². The predicted molar refractivity (Wildman–Crippen MR) is 93.8 cm³/mol. The number of benzene rings is 2. The first-order chi connectivity index (χ1) is 11.0. The van der Waals surface area contributed by atoms with Gasteiger partial charge in [0.05, 0.1) is 9.51 Å². The highest BCUT2D eigenvalue weighted by Gasteiger charge is 2.22. The third kappa shape index (κ3) is 3.19. The molecule has 0 N–H and O–H groups in total. The van der Waals surface area contributed by atoms with Crippen molar-refractivity contribution in [1.29, 1.82) is 0 Å². The summed E-state index contributed by atoms with van der Waals surface area (Å²) in [5.41, 5.74) is 5.32. The van der Waals surface area contributed by atoms with Crippen LogP contribution in [0, 0.1) is 24.0 Å². The molecule has 0 fully saturated rings. The summed E-state index contributed by atoms with van der Waals surface area (Å²) in [7, 11) is 0. The van der Waals surface area contributed by atoms with Gasteiger partial charge in [0.1, 0.15) is 0 Å². The van der Waals surface area contributed by atoms with E-state index in [1.165, 1.54) is 28.3 Å². The van der Waals surface area contributed by atoms with Crippen LogP contribution in [0.5, 0.6) is 5.75 Å². The van der Waals surface area contributed by atoms with Crippen molar-refractivity contribution in [2.24, 2.45) is 0 Å². The Labute approximate surface area is 143 Å². The summed E-state index contributed by atoms with van der Waals surface area (Å²) in [5.74, 6) is 1.17. The minimum absolute atomic E-state index is 0.0737. The van der Waals surface area contributed by atoms with Gasteiger partial charge in [0, 0.05) is 17.6 Å². The normalized spacial score (nSPS) is 15.0. The number of nitro benzene ring substituents is 1. The number of fused-ring (bicyclic) bond motifs is 1. The van der Waals surface area contributed by atoms with Crippen LogP contribution in [0.2, 0.25) is 0 Å². The van der Waals surface area contributed by atoms with Gasteiger partial charge in [-0.1, -0.05) is 24.3 Å². The summed E-state index contributed by atoms with van der Waals surface area (Å²) in [6.45, 7) is 4.21. The first kappa shape index (κ1) is 16.2. The van der Waals surface area contributed by atoms with Crippen molar-refractivity contribution in [3.63, 3.8) is 0 Å². The highest BCUT2D eigenvalue weighted by Crippen LogP contribution is 2.49. The summed E-state index contributed by atoms with van der Waals surface area (Å²) in [5, 5.41) is 23.3. The lowest BCUT2D eigenvalue weighted by atomic mass is 10.0. The first-order valence-electron chi connectivity index (χ1n) is 7.24. The summed E-state index contributed by atoms with van der Waals surface area (Å²) in [6.07, 6.45) is 0. The zero-order valence-corrected chi connectivity index (χ0v) is 14.5. The number of thioether (sulfide) groups is 2. The molecule has 0 spiro atoms. The van der Waals surface area contributed by atoms with Gasteiger partial charge in [-0.25, -0.2) is 0 Å². The van der Waals surface area contributed by atoms with Gasteiger partial charge in [0.15, 0.2) is 0 Å². The zero-order chi connectivity index (χ0) is 16.6. The highest BCUT2D eigenvalue weighted by molar-refractivity contribution is 8.15. The number of nitro groups is 1. The lowest BCUT2D eigenvalue weighted by molar-refractivity contribution is -0.398. The van der Waals surface area contributed by atoms with E-state index in [4.69, 9.17) is 0 Å². The van der Waals surface area contributed by atoms with E-state index in [1.807, 2.05) is 0 Å². The molecule has 0 radical (unpaired) electrons. The Morgan fingerprint density at radius 2 is 1.65 bits per heavy atom. The maximum atomic E-state index is 12.3. The van der Waals surface area contributed by atoms with Gasteiger partial charge in [-0.3, -0.25) is 10.1 Å². The van der Waals surface area contributed by atoms with E-state index in [9.17, 15) is 15.2 Å². The molecule has 120 valence electrons. The zero-order valence-electron chi connectivity index (χ0n) is 12.9. The molecule has 0 saturated carbocycles. The number of hydrogen-bond acceptors (Lipinski definition) is 5. The Balaban J connectivity index is 1.91. The fourth-order valence-corrected chi connectivity index (χ4v) is 5.36. The minimum Gasteiger partial charge on any atom is -0.868 e. The molecule has 0 atom stereocenters. The summed E-state index contributed by atoms with van der Waals surface area (Å²) >= 11 is 3.34. The van der Waals surface area contributed by atoms with E-state index in [0.29, 0.717) is 5.56 Å². The van der Waals surface area contributed by atoms with E-state index in [2.05, 4.69) is 26.0 Å². The Morgan fingerprint density at radius 1 is 1.09 bits per heavy atom. The Kier molecular flexibility index (Phi) is 4.55. The molecule has 4 nitrogen and oxygen atoms in total. The van der Waals surface area contributed by atoms with Crippen LogP contribution in [0.1, 0.15) is 32.4 Å². The maximum Gasteiger partial charge on any atom is 0.262 e. The van der Waals surface area contributed by atoms with Crippen LogP contribution in [-0.4, -0.2) is 4.92 Å². The second kappa shape index (κ2) is 6.45. The standard InChI is InChI=1S/C17H17NO3S2/c1-10-6-12-8-22-17(23-9-13(12)7-11(10)2)14-4-3-5-15(16(14)19)18(20)21/h3-7,17,19H,8-9H2,1-2H3/p-1. The Morgan fingerprint density at radius 3 is 2.17 bits per heavy atom. The highest BCUT2D eigenvalue weighted by atomic mass is 32.2. The van der Waals surface area contributed by atoms with Crippen LogP contribution in [0.25, 0.3) is 0 Å². The molecule has 2 aromatic carbocycles. The first-order valence-corrected chi connectivity index (χ1v) is 9.33. The summed E-state index contributed by atoms with van der Waals surface area (Å²) in [4.78, 5) is 10.4. The average Bonchev–Trinajstić information content (AvgIpc) is 2.70. The number of aryl methyl sites for hydroxylation is 2. The van der Waals surface area contributed by atoms with Crippen LogP contribution in [0.4, 0.5) is 5.69 Å². The molecular weight excluding hydrogens is 330 g/mol. The van der Waals surface area contributed by atoms with Gasteiger partial charge in [-0.15, -0.1) is 23.5 Å². The molecule has 23 heavy (non-hydrogen) atoms. The van der Waals surface area contributed by atoms with Gasteiger partial charge in [0.2, 0.25) is 0 Å². The summed E-state index contributed by atoms with van der Waals surface area (Å²) < 4.78 is -0.0737. The molecule has 0 amide bonds. The van der Waals surface area contributed by atoms with E-state index < -0.39 is 10.7 Å².